The molecule has 0 aromatic carbocycles. The molecule has 9 heteroatoms. The molecule has 3 aliphatic heterocycles. The number of alkyl halides is 3. The lowest BCUT2D eigenvalue weighted by Crippen LogP contribution is -2.42. The van der Waals surface area contributed by atoms with Crippen molar-refractivity contribution in [2.45, 2.75) is 56.4 Å². The number of halogens is 3. The van der Waals surface area contributed by atoms with Crippen LogP contribution in [-0.4, -0.2) is 66.4 Å². The minimum Gasteiger partial charge on any atom is -0.483 e. The average molecular weight is 392 g/mol. The van der Waals surface area contributed by atoms with Gasteiger partial charge in [0.2, 0.25) is 5.91 Å². The van der Waals surface area contributed by atoms with E-state index < -0.39 is 24.9 Å². The maximum Gasteiger partial charge on any atom is 0.389 e. The standard InChI is InChI=1S/C17H25F3N2O2.CH2O2/c18-17(19,20)6-4-15(23)21-7-12-13-9-22(8-11-1-2-11)10-16(13)5-3-14(12)24-16;2-1-3/h11-14H,1-10H2,(H,21,23);1H,(H,2,3)/t12-,13+,14+,16+;/m0./s1. The van der Waals surface area contributed by atoms with Crippen LogP contribution in [0.5, 0.6) is 0 Å². The number of nitrogens with zero attached hydrogens (tertiary/aromatic N) is 1. The van der Waals surface area contributed by atoms with Crippen molar-refractivity contribution in [1.82, 2.24) is 10.2 Å². The van der Waals surface area contributed by atoms with Crippen molar-refractivity contribution in [1.29, 1.82) is 0 Å². The van der Waals surface area contributed by atoms with E-state index in [1.54, 1.807) is 0 Å². The van der Waals surface area contributed by atoms with E-state index in [2.05, 4.69) is 10.2 Å². The summed E-state index contributed by atoms with van der Waals surface area (Å²) in [5, 5.41) is 9.61. The Hall–Kier alpha value is -1.35. The molecule has 1 amide bonds. The number of fused-ring (bicyclic) bond motifs is 1. The first-order chi connectivity index (χ1) is 12.8. The minimum absolute atomic E-state index is 0.0546. The normalized spacial score (nSPS) is 34.7. The fourth-order valence-corrected chi connectivity index (χ4v) is 4.94. The summed E-state index contributed by atoms with van der Waals surface area (Å²) in [5.41, 5.74) is -0.0546. The van der Waals surface area contributed by atoms with E-state index >= 15 is 0 Å². The second-order valence-electron chi connectivity index (χ2n) is 8.19. The molecular weight excluding hydrogens is 365 g/mol. The zero-order valence-corrected chi connectivity index (χ0v) is 15.2. The zero-order valence-electron chi connectivity index (χ0n) is 15.2. The average Bonchev–Trinajstić information content (AvgIpc) is 3.08. The predicted octanol–water partition coefficient (Wildman–Crippen LogP) is 2.04. The molecule has 0 aromatic rings. The van der Waals surface area contributed by atoms with E-state index in [1.807, 2.05) is 0 Å². The highest BCUT2D eigenvalue weighted by molar-refractivity contribution is 5.75. The Morgan fingerprint density at radius 3 is 2.67 bits per heavy atom. The second-order valence-corrected chi connectivity index (χ2v) is 8.19. The molecule has 1 saturated carbocycles. The largest absolute Gasteiger partial charge is 0.483 e. The van der Waals surface area contributed by atoms with Gasteiger partial charge in [-0.25, -0.2) is 0 Å². The van der Waals surface area contributed by atoms with Crippen LogP contribution in [0.15, 0.2) is 0 Å². The third kappa shape index (κ3) is 4.93. The van der Waals surface area contributed by atoms with Crippen molar-refractivity contribution in [3.8, 4) is 0 Å². The van der Waals surface area contributed by atoms with Crippen molar-refractivity contribution < 1.29 is 32.6 Å². The highest BCUT2D eigenvalue weighted by atomic mass is 19.4. The van der Waals surface area contributed by atoms with Crippen molar-refractivity contribution in [2.24, 2.45) is 17.8 Å². The Kier molecular flexibility index (Phi) is 6.00. The maximum atomic E-state index is 12.2. The van der Waals surface area contributed by atoms with Crippen LogP contribution >= 0.6 is 0 Å². The molecule has 1 spiro atoms. The summed E-state index contributed by atoms with van der Waals surface area (Å²) in [6.45, 7) is 3.35. The monoisotopic (exact) mass is 392 g/mol. The molecular formula is C18H27F3N2O4. The maximum absolute atomic E-state index is 12.2. The molecule has 4 rings (SSSR count). The summed E-state index contributed by atoms with van der Waals surface area (Å²) >= 11 is 0. The highest BCUT2D eigenvalue weighted by Gasteiger charge is 2.62. The third-order valence-corrected chi connectivity index (χ3v) is 6.24. The molecule has 27 heavy (non-hydrogen) atoms. The van der Waals surface area contributed by atoms with Crippen LogP contribution in [0.2, 0.25) is 0 Å². The van der Waals surface area contributed by atoms with Crippen LogP contribution in [0.1, 0.15) is 38.5 Å². The van der Waals surface area contributed by atoms with Crippen molar-refractivity contribution in [2.75, 3.05) is 26.2 Å². The van der Waals surface area contributed by atoms with Gasteiger partial charge in [0.1, 0.15) is 0 Å². The fraction of sp³-hybridized carbons (Fsp3) is 0.889. The molecule has 2 bridgehead atoms. The Balaban J connectivity index is 0.000000659. The number of carbonyl (C=O) groups is 2. The minimum atomic E-state index is -4.27. The first kappa shape index (κ1) is 20.4. The third-order valence-electron chi connectivity index (χ3n) is 6.24. The second kappa shape index (κ2) is 7.95. The van der Waals surface area contributed by atoms with Gasteiger partial charge in [-0.2, -0.15) is 13.2 Å². The Labute approximate surface area is 156 Å². The van der Waals surface area contributed by atoms with Gasteiger partial charge in [-0.3, -0.25) is 14.5 Å². The summed E-state index contributed by atoms with van der Waals surface area (Å²) in [7, 11) is 0. The molecule has 0 unspecified atom stereocenters. The molecule has 1 aliphatic carbocycles. The molecule has 3 heterocycles. The predicted molar refractivity (Wildman–Crippen MR) is 90.0 cm³/mol. The van der Waals surface area contributed by atoms with E-state index in [4.69, 9.17) is 14.6 Å². The molecule has 4 aliphatic rings. The Bertz CT molecular complexity index is 555. The Morgan fingerprint density at radius 2 is 2.04 bits per heavy atom. The van der Waals surface area contributed by atoms with Gasteiger partial charge in [-0.15, -0.1) is 0 Å². The first-order valence-electron chi connectivity index (χ1n) is 9.58. The summed E-state index contributed by atoms with van der Waals surface area (Å²) in [6.07, 6.45) is -0.879. The summed E-state index contributed by atoms with van der Waals surface area (Å²) < 4.78 is 42.9. The molecule has 0 aromatic heterocycles. The molecule has 4 atom stereocenters. The first-order valence-corrected chi connectivity index (χ1v) is 9.58. The molecule has 154 valence electrons. The number of ether oxygens (including phenoxy) is 1. The van der Waals surface area contributed by atoms with Gasteiger partial charge in [-0.1, -0.05) is 0 Å². The topological polar surface area (TPSA) is 78.9 Å². The summed E-state index contributed by atoms with van der Waals surface area (Å²) in [6, 6.07) is 0. The van der Waals surface area contributed by atoms with Gasteiger partial charge >= 0.3 is 6.18 Å². The van der Waals surface area contributed by atoms with Crippen molar-refractivity contribution >= 4 is 12.4 Å². The highest BCUT2D eigenvalue weighted by Crippen LogP contribution is 2.55. The Morgan fingerprint density at radius 1 is 1.33 bits per heavy atom. The van der Waals surface area contributed by atoms with E-state index in [0.29, 0.717) is 12.5 Å². The van der Waals surface area contributed by atoms with E-state index in [9.17, 15) is 18.0 Å². The zero-order chi connectivity index (χ0) is 19.7. The molecule has 2 N–H and O–H groups in total. The quantitative estimate of drug-likeness (QED) is 0.677. The number of carbonyl (C=O) groups excluding carboxylic acids is 1. The van der Waals surface area contributed by atoms with Gasteiger partial charge in [0.05, 0.1) is 18.1 Å². The fourth-order valence-electron chi connectivity index (χ4n) is 4.94. The summed E-state index contributed by atoms with van der Waals surface area (Å²) in [4.78, 5) is 22.6. The van der Waals surface area contributed by atoms with Gasteiger partial charge < -0.3 is 15.2 Å². The van der Waals surface area contributed by atoms with E-state index in [-0.39, 0.29) is 24.1 Å². The van der Waals surface area contributed by atoms with E-state index in [0.717, 1.165) is 38.4 Å². The van der Waals surface area contributed by atoms with Crippen LogP contribution < -0.4 is 5.32 Å². The number of amides is 1. The number of likely N-dealkylation sites (tertiary alicyclic amines) is 1. The van der Waals surface area contributed by atoms with Crippen LogP contribution in [-0.2, 0) is 14.3 Å². The number of hydrogen-bond acceptors (Lipinski definition) is 4. The lowest BCUT2D eigenvalue weighted by Gasteiger charge is -2.29. The number of hydrogen-bond donors (Lipinski definition) is 2. The SMILES string of the molecule is O=C(CCC(F)(F)F)NC[C@H]1[C@H]2CN(CC3CC3)C[C@]23CC[C@H]1O3.O=CO. The van der Waals surface area contributed by atoms with Crippen LogP contribution in [0.3, 0.4) is 0 Å². The van der Waals surface area contributed by atoms with Crippen molar-refractivity contribution in [3.63, 3.8) is 0 Å². The van der Waals surface area contributed by atoms with Crippen LogP contribution in [0.25, 0.3) is 0 Å². The molecule has 3 saturated heterocycles. The molecule has 6 nitrogen and oxygen atoms in total. The summed E-state index contributed by atoms with van der Waals surface area (Å²) in [5.74, 6) is 1.01. The van der Waals surface area contributed by atoms with Gasteiger partial charge in [0.15, 0.2) is 0 Å². The van der Waals surface area contributed by atoms with Gasteiger partial charge in [0.25, 0.3) is 6.47 Å². The lowest BCUT2D eigenvalue weighted by molar-refractivity contribution is -0.144. The smallest absolute Gasteiger partial charge is 0.389 e. The van der Waals surface area contributed by atoms with Gasteiger partial charge in [-0.05, 0) is 31.6 Å². The van der Waals surface area contributed by atoms with Crippen molar-refractivity contribution in [3.05, 3.63) is 0 Å². The number of carboxylic acid groups (broad SMARTS) is 1. The molecule has 0 radical (unpaired) electrons. The van der Waals surface area contributed by atoms with Crippen LogP contribution in [0, 0.1) is 17.8 Å². The van der Waals surface area contributed by atoms with Gasteiger partial charge in [0, 0.05) is 44.4 Å². The van der Waals surface area contributed by atoms with Crippen LogP contribution in [0.4, 0.5) is 13.2 Å². The number of nitrogens with one attached hydrogen (secondary N) is 1. The molecule has 4 fully saturated rings. The lowest BCUT2D eigenvalue weighted by atomic mass is 9.73. The number of rotatable bonds is 6. The van der Waals surface area contributed by atoms with E-state index in [1.165, 1.54) is 12.8 Å².